The fourth-order valence-electron chi connectivity index (χ4n) is 20.6. The SMILES string of the molecule is C[C@H]1[C@H](/C=C/c2ccc(-c3ccccc3)cn2)[C@@H]2[C@@H](C)OC(=O)[C@]2(N)C[C@@H]1C.C[C@H]1[C@H](/C=C/c2ccc(-c3ccccc3C#N)cn2)[C@@H]2[C@@H](C)OC(=O)[C@]2(N)C[C@@H]1C.Cc1cccc(-c2ccc(/C=C/[C@H]3[C@H](C)[C@@H](C)C[C@@]4(N)C(=O)O[C@H](C)[C@@H]34)nc2)c1.Cc1cccc(-c2ccc(/C=C/[C@H]3[C@H](C)[C@@H](C)C[C@@]4(N)C(=O)O[C@H](C)[C@@H]34)nc2)c1. The molecular weight excluding hydrogens is 1440 g/mol. The van der Waals surface area contributed by atoms with E-state index >= 15 is 0 Å². The van der Waals surface area contributed by atoms with Gasteiger partial charge in [0.05, 0.1) is 34.4 Å². The van der Waals surface area contributed by atoms with Gasteiger partial charge < -0.3 is 41.9 Å². The molecule has 8 N–H and O–H groups in total. The number of carbonyl (C=O) groups is 4. The number of fused-ring (bicyclic) bond motifs is 4. The van der Waals surface area contributed by atoms with Crippen molar-refractivity contribution >= 4 is 48.2 Å². The summed E-state index contributed by atoms with van der Waals surface area (Å²) in [7, 11) is 0. The van der Waals surface area contributed by atoms with E-state index in [1.807, 2.05) is 119 Å². The third-order valence-electron chi connectivity index (χ3n) is 27.7. The monoisotopic (exact) mass is 1560 g/mol. The van der Waals surface area contributed by atoms with Crippen molar-refractivity contribution in [3.63, 3.8) is 0 Å². The molecule has 0 spiro atoms. The van der Waals surface area contributed by atoms with Crippen molar-refractivity contribution in [3.8, 4) is 50.6 Å². The Hall–Kier alpha value is -10.4. The van der Waals surface area contributed by atoms with Crippen molar-refractivity contribution in [2.24, 2.45) is 118 Å². The molecule has 17 heteroatoms. The van der Waals surface area contributed by atoms with Crippen LogP contribution in [0.1, 0.15) is 148 Å². The van der Waals surface area contributed by atoms with Gasteiger partial charge in [-0.25, -0.2) is 0 Å². The maximum atomic E-state index is 12.4. The second kappa shape index (κ2) is 34.5. The topological polar surface area (TPSA) is 285 Å². The molecule has 116 heavy (non-hydrogen) atoms. The Morgan fingerprint density at radius 3 is 0.905 bits per heavy atom. The van der Waals surface area contributed by atoms with Crippen molar-refractivity contribution in [3.05, 3.63) is 240 Å². The quantitative estimate of drug-likeness (QED) is 0.0653. The number of cyclic esters (lactones) is 4. The van der Waals surface area contributed by atoms with Gasteiger partial charge in [-0.15, -0.1) is 0 Å². The summed E-state index contributed by atoms with van der Waals surface area (Å²) in [4.78, 5) is 68.1. The molecule has 16 rings (SSSR count). The maximum Gasteiger partial charge on any atom is 0.326 e. The third kappa shape index (κ3) is 16.8. The van der Waals surface area contributed by atoms with E-state index in [0.29, 0.717) is 78.6 Å². The van der Waals surface area contributed by atoms with Crippen LogP contribution >= 0.6 is 0 Å². The number of aryl methyl sites for hydroxylation is 2. The molecule has 0 radical (unpaired) electrons. The molecule has 4 aliphatic carbocycles. The zero-order valence-electron chi connectivity index (χ0n) is 69.5. The molecule has 4 aromatic carbocycles. The minimum atomic E-state index is -0.904. The number of ether oxygens (including phenoxy) is 4. The summed E-state index contributed by atoms with van der Waals surface area (Å²) in [5, 5.41) is 9.32. The maximum absolute atomic E-state index is 12.4. The highest BCUT2D eigenvalue weighted by atomic mass is 16.6. The average molecular weight is 1560 g/mol. The summed E-state index contributed by atoms with van der Waals surface area (Å²) in [6.45, 7) is 29.7. The first-order chi connectivity index (χ1) is 55.3. The first-order valence-electron chi connectivity index (χ1n) is 41.6. The molecule has 4 saturated carbocycles. The van der Waals surface area contributed by atoms with Gasteiger partial charge in [0.1, 0.15) is 46.6 Å². The minimum absolute atomic E-state index is 0.00372. The molecule has 8 fully saturated rings. The van der Waals surface area contributed by atoms with Gasteiger partial charge in [-0.2, -0.15) is 5.26 Å². The Bertz CT molecular complexity index is 4870. The summed E-state index contributed by atoms with van der Waals surface area (Å²) in [6.07, 6.45) is 26.5. The number of nitrogens with two attached hydrogens (primary N) is 4. The summed E-state index contributed by atoms with van der Waals surface area (Å²) in [5.74, 6) is 2.77. The predicted octanol–water partition coefficient (Wildman–Crippen LogP) is 17.7. The number of nitrogens with zero attached hydrogens (tertiary/aromatic N) is 5. The van der Waals surface area contributed by atoms with E-state index < -0.39 is 22.2 Å². The summed E-state index contributed by atoms with van der Waals surface area (Å²) in [6, 6.07) is 53.1. The molecule has 0 amide bonds. The molecule has 0 unspecified atom stereocenters. The van der Waals surface area contributed by atoms with Gasteiger partial charge in [0.2, 0.25) is 0 Å². The van der Waals surface area contributed by atoms with Crippen LogP contribution in [0, 0.1) is 120 Å². The van der Waals surface area contributed by atoms with Crippen molar-refractivity contribution < 1.29 is 38.1 Å². The second-order valence-electron chi connectivity index (χ2n) is 35.3. The van der Waals surface area contributed by atoms with E-state index in [1.165, 1.54) is 22.3 Å². The van der Waals surface area contributed by atoms with E-state index in [0.717, 1.165) is 56.2 Å². The molecule has 24 atom stereocenters. The molecule has 17 nitrogen and oxygen atoms in total. The molecule has 8 heterocycles. The van der Waals surface area contributed by atoms with Crippen molar-refractivity contribution in [2.75, 3.05) is 0 Å². The van der Waals surface area contributed by atoms with E-state index in [1.54, 1.807) is 12.3 Å². The highest BCUT2D eigenvalue weighted by molar-refractivity contribution is 5.86. The van der Waals surface area contributed by atoms with Crippen LogP contribution in [0.5, 0.6) is 0 Å². The summed E-state index contributed by atoms with van der Waals surface area (Å²) >= 11 is 0. The van der Waals surface area contributed by atoms with Crippen LogP contribution in [0.2, 0.25) is 0 Å². The van der Waals surface area contributed by atoms with E-state index in [2.05, 4.69) is 217 Å². The van der Waals surface area contributed by atoms with Gasteiger partial charge in [0.25, 0.3) is 0 Å². The number of benzene rings is 4. The fourth-order valence-corrected chi connectivity index (χ4v) is 20.6. The Kier molecular flexibility index (Phi) is 24.8. The highest BCUT2D eigenvalue weighted by Gasteiger charge is 2.64. The number of pyridine rings is 4. The van der Waals surface area contributed by atoms with Crippen LogP contribution in [0.3, 0.4) is 0 Å². The lowest BCUT2D eigenvalue weighted by Crippen LogP contribution is -2.58. The number of hydrogen-bond acceptors (Lipinski definition) is 17. The van der Waals surface area contributed by atoms with Crippen LogP contribution in [0.4, 0.5) is 0 Å². The lowest BCUT2D eigenvalue weighted by atomic mass is 9.59. The smallest absolute Gasteiger partial charge is 0.326 e. The van der Waals surface area contributed by atoms with Crippen LogP contribution in [0.15, 0.2) is 201 Å². The second-order valence-corrected chi connectivity index (χ2v) is 35.3. The van der Waals surface area contributed by atoms with Gasteiger partial charge >= 0.3 is 23.9 Å². The molecule has 4 aromatic heterocycles. The van der Waals surface area contributed by atoms with E-state index in [4.69, 9.17) is 41.9 Å². The van der Waals surface area contributed by atoms with Crippen molar-refractivity contribution in [1.29, 1.82) is 5.26 Å². The van der Waals surface area contributed by atoms with Gasteiger partial charge in [-0.3, -0.25) is 39.1 Å². The minimum Gasteiger partial charge on any atom is -0.461 e. The Balaban J connectivity index is 0.000000135. The highest BCUT2D eigenvalue weighted by Crippen LogP contribution is 2.55. The summed E-state index contributed by atoms with van der Waals surface area (Å²) in [5.41, 5.74) is 38.1. The average Bonchev–Trinajstić information content (AvgIpc) is 1.59. The number of nitriles is 1. The Morgan fingerprint density at radius 2 is 0.621 bits per heavy atom. The molecule has 604 valence electrons. The number of rotatable bonds is 12. The van der Waals surface area contributed by atoms with Crippen molar-refractivity contribution in [2.45, 2.75) is 169 Å². The standard InChI is InChI=1S/C25H27N3O2.2C25H30N2O2.C24H28N2O2/c1-15-12-25(27)23(17(3)30-24(25)29)21(16(15)2)11-10-20-9-8-19(14-28-20)22-7-5-4-6-18(22)13-26;2*1-15-6-5-7-19(12-15)20-8-9-21(27-14-20)10-11-22-17(3)16(2)13-25(26)23(22)18(4)29-24(25)28;1-15-13-24(25)22(17(3)28-23(24)27)21(16(15)2)12-11-20-10-9-19(14-26-20)18-7-5-4-6-8-18/h4-11,14-17,21,23H,12,27H2,1-3H3;2*5-12,14,16-18,22-23H,13,26H2,1-4H3;4-12,14-17,21-22H,13,25H2,1-3H3/b3*11-10+;12-11+/t15-,16+,17+,21-,23-,25-;2*16-,17+,18+,22-,23-,25-;15-,16+,17+,21-,22-,24-/m0000/s1. The zero-order valence-corrected chi connectivity index (χ0v) is 69.5. The van der Waals surface area contributed by atoms with Gasteiger partial charge in [0.15, 0.2) is 0 Å². The van der Waals surface area contributed by atoms with Crippen LogP contribution < -0.4 is 22.9 Å². The first kappa shape index (κ1) is 83.6. The van der Waals surface area contributed by atoms with Crippen LogP contribution in [0.25, 0.3) is 68.8 Å². The molecule has 0 bridgehead atoms. The van der Waals surface area contributed by atoms with Crippen LogP contribution in [-0.4, -0.2) is 90.4 Å². The largest absolute Gasteiger partial charge is 0.461 e. The molecule has 4 aliphatic heterocycles. The number of aromatic nitrogens is 4. The molecule has 8 aromatic rings. The van der Waals surface area contributed by atoms with E-state index in [9.17, 15) is 24.4 Å². The predicted molar refractivity (Wildman–Crippen MR) is 459 cm³/mol. The fraction of sp³-hybridized carbons (Fsp3) is 0.424. The van der Waals surface area contributed by atoms with Gasteiger partial charge in [-0.1, -0.05) is 212 Å². The van der Waals surface area contributed by atoms with Gasteiger partial charge in [-0.05, 0) is 210 Å². The third-order valence-corrected chi connectivity index (χ3v) is 27.7. The lowest BCUT2D eigenvalue weighted by molar-refractivity contribution is -0.146. The number of allylic oxidation sites excluding steroid dienone is 4. The normalized spacial score (nSPS) is 34.1. The van der Waals surface area contributed by atoms with Crippen molar-refractivity contribution in [1.82, 2.24) is 19.9 Å². The first-order valence-corrected chi connectivity index (χ1v) is 41.6. The van der Waals surface area contributed by atoms with E-state index in [-0.39, 0.29) is 95.6 Å². The number of hydrogen-bond donors (Lipinski definition) is 4. The Morgan fingerprint density at radius 1 is 0.345 bits per heavy atom. The Labute approximate surface area is 685 Å². The molecule has 4 saturated heterocycles. The number of esters is 4. The van der Waals surface area contributed by atoms with Crippen LogP contribution in [-0.2, 0) is 38.1 Å². The summed E-state index contributed by atoms with van der Waals surface area (Å²) < 4.78 is 22.2. The number of carbonyl (C=O) groups excluding carboxylic acids is 4. The molecule has 8 aliphatic rings. The van der Waals surface area contributed by atoms with Gasteiger partial charge in [0, 0.05) is 76.3 Å². The lowest BCUT2D eigenvalue weighted by Gasteiger charge is -2.45. The molecular formula is C99H115N9O8. The zero-order chi connectivity index (χ0) is 82.9.